The third-order valence-electron chi connectivity index (χ3n) is 3.99. The van der Waals surface area contributed by atoms with Crippen molar-refractivity contribution >= 4 is 11.9 Å². The minimum atomic E-state index is -0.513. The number of rotatable bonds is 4. The summed E-state index contributed by atoms with van der Waals surface area (Å²) in [7, 11) is 0. The molecule has 5 nitrogen and oxygen atoms in total. The SMILES string of the molecule is CCC(C)n1c(O)c(C=Nc2ccc(F)cc2)c(C)c(C#N)c1=O. The van der Waals surface area contributed by atoms with Gasteiger partial charge in [0.15, 0.2) is 0 Å². The van der Waals surface area contributed by atoms with Crippen LogP contribution in [0.5, 0.6) is 5.88 Å². The summed E-state index contributed by atoms with van der Waals surface area (Å²) >= 11 is 0. The van der Waals surface area contributed by atoms with E-state index in [2.05, 4.69) is 4.99 Å². The van der Waals surface area contributed by atoms with Crippen molar-refractivity contribution in [3.8, 4) is 11.9 Å². The van der Waals surface area contributed by atoms with Crippen molar-refractivity contribution in [3.05, 3.63) is 57.1 Å². The molecule has 124 valence electrons. The maximum atomic E-state index is 12.9. The van der Waals surface area contributed by atoms with Gasteiger partial charge in [0, 0.05) is 12.3 Å². The summed E-state index contributed by atoms with van der Waals surface area (Å²) in [6.07, 6.45) is 2.01. The van der Waals surface area contributed by atoms with Crippen molar-refractivity contribution in [2.75, 3.05) is 0 Å². The Morgan fingerprint density at radius 3 is 2.58 bits per heavy atom. The normalized spacial score (nSPS) is 12.3. The second-order valence-electron chi connectivity index (χ2n) is 5.52. The Kier molecular flexibility index (Phi) is 5.14. The molecule has 6 heteroatoms. The number of aliphatic imine (C=N–C) groups is 1. The molecular formula is C18H18FN3O2. The largest absolute Gasteiger partial charge is 0.494 e. The minimum absolute atomic E-state index is 0.0198. The fourth-order valence-electron chi connectivity index (χ4n) is 2.35. The predicted octanol–water partition coefficient (Wildman–Crippen LogP) is 3.59. The topological polar surface area (TPSA) is 78.4 Å². The molecule has 0 radical (unpaired) electrons. The fraction of sp³-hybridized carbons (Fsp3) is 0.278. The van der Waals surface area contributed by atoms with Crippen molar-refractivity contribution < 1.29 is 9.50 Å². The van der Waals surface area contributed by atoms with Crippen molar-refractivity contribution in [1.29, 1.82) is 5.26 Å². The van der Waals surface area contributed by atoms with Gasteiger partial charge < -0.3 is 5.11 Å². The molecule has 1 N–H and O–H groups in total. The van der Waals surface area contributed by atoms with Crippen molar-refractivity contribution in [1.82, 2.24) is 4.57 Å². The summed E-state index contributed by atoms with van der Waals surface area (Å²) in [6, 6.07) is 7.18. The van der Waals surface area contributed by atoms with Crippen LogP contribution in [0.25, 0.3) is 0 Å². The van der Waals surface area contributed by atoms with Gasteiger partial charge in [0.2, 0.25) is 5.88 Å². The Balaban J connectivity index is 2.63. The Bertz CT molecular complexity index is 877. The van der Waals surface area contributed by atoms with Crippen LogP contribution in [0.2, 0.25) is 0 Å². The van der Waals surface area contributed by atoms with E-state index in [0.717, 1.165) is 0 Å². The molecule has 1 atom stereocenters. The second-order valence-corrected chi connectivity index (χ2v) is 5.52. The number of benzene rings is 1. The number of nitrogens with zero attached hydrogens (tertiary/aromatic N) is 3. The molecule has 24 heavy (non-hydrogen) atoms. The van der Waals surface area contributed by atoms with E-state index in [1.165, 1.54) is 35.0 Å². The highest BCUT2D eigenvalue weighted by molar-refractivity contribution is 5.87. The molecule has 2 rings (SSSR count). The highest BCUT2D eigenvalue weighted by atomic mass is 19.1. The molecule has 2 aromatic rings. The molecule has 0 saturated carbocycles. The highest BCUT2D eigenvalue weighted by Gasteiger charge is 2.20. The van der Waals surface area contributed by atoms with Gasteiger partial charge in [-0.1, -0.05) is 6.92 Å². The second kappa shape index (κ2) is 7.09. The lowest BCUT2D eigenvalue weighted by Gasteiger charge is -2.18. The zero-order valence-electron chi connectivity index (χ0n) is 13.7. The summed E-state index contributed by atoms with van der Waals surface area (Å²) in [5.41, 5.74) is 0.630. The van der Waals surface area contributed by atoms with Gasteiger partial charge in [-0.05, 0) is 50.1 Å². The lowest BCUT2D eigenvalue weighted by atomic mass is 10.0. The molecule has 0 aliphatic heterocycles. The molecule has 1 heterocycles. The zero-order valence-corrected chi connectivity index (χ0v) is 13.7. The van der Waals surface area contributed by atoms with Crippen LogP contribution in [0.15, 0.2) is 34.1 Å². The van der Waals surface area contributed by atoms with E-state index in [-0.39, 0.29) is 23.3 Å². The van der Waals surface area contributed by atoms with E-state index in [0.29, 0.717) is 23.2 Å². The summed E-state index contributed by atoms with van der Waals surface area (Å²) in [6.45, 7) is 5.26. The average Bonchev–Trinajstić information content (AvgIpc) is 2.56. The van der Waals surface area contributed by atoms with Gasteiger partial charge in [-0.3, -0.25) is 14.4 Å². The first-order chi connectivity index (χ1) is 11.4. The van der Waals surface area contributed by atoms with Gasteiger partial charge in [0.1, 0.15) is 17.4 Å². The van der Waals surface area contributed by atoms with Crippen LogP contribution >= 0.6 is 0 Å². The third-order valence-corrected chi connectivity index (χ3v) is 3.99. The van der Waals surface area contributed by atoms with Crippen LogP contribution < -0.4 is 5.56 Å². The number of aromatic hydroxyl groups is 1. The summed E-state index contributed by atoms with van der Waals surface area (Å²) < 4.78 is 14.1. The van der Waals surface area contributed by atoms with Crippen molar-refractivity contribution in [2.24, 2.45) is 4.99 Å². The Morgan fingerprint density at radius 2 is 2.04 bits per heavy atom. The molecular weight excluding hydrogens is 309 g/mol. The van der Waals surface area contributed by atoms with Crippen LogP contribution in [-0.2, 0) is 0 Å². The number of hydrogen-bond acceptors (Lipinski definition) is 4. The molecule has 1 aromatic heterocycles. The molecule has 0 aliphatic carbocycles. The molecule has 0 aliphatic rings. The molecule has 0 amide bonds. The Morgan fingerprint density at radius 1 is 1.42 bits per heavy atom. The maximum Gasteiger partial charge on any atom is 0.271 e. The number of nitriles is 1. The highest BCUT2D eigenvalue weighted by Crippen LogP contribution is 2.25. The van der Waals surface area contributed by atoms with E-state index >= 15 is 0 Å². The summed E-state index contributed by atoms with van der Waals surface area (Å²) in [5.74, 6) is -0.596. The third kappa shape index (κ3) is 3.20. The van der Waals surface area contributed by atoms with E-state index in [1.807, 2.05) is 13.0 Å². The predicted molar refractivity (Wildman–Crippen MR) is 90.5 cm³/mol. The molecule has 1 aromatic carbocycles. The maximum absolute atomic E-state index is 12.9. The van der Waals surface area contributed by atoms with Crippen LogP contribution in [-0.4, -0.2) is 15.9 Å². The van der Waals surface area contributed by atoms with E-state index in [1.54, 1.807) is 13.8 Å². The van der Waals surface area contributed by atoms with Gasteiger partial charge >= 0.3 is 0 Å². The van der Waals surface area contributed by atoms with Gasteiger partial charge in [-0.2, -0.15) is 5.26 Å². The standard InChI is InChI=1S/C18H18FN3O2/c1-4-11(2)22-17(23)15(9-20)12(3)16(18(22)24)10-21-14-7-5-13(19)6-8-14/h5-8,10-11,24H,4H2,1-3H3. The Labute approximate surface area is 139 Å². The quantitative estimate of drug-likeness (QED) is 0.872. The monoisotopic (exact) mass is 327 g/mol. The smallest absolute Gasteiger partial charge is 0.271 e. The van der Waals surface area contributed by atoms with Gasteiger partial charge in [0.05, 0.1) is 11.3 Å². The average molecular weight is 327 g/mol. The zero-order chi connectivity index (χ0) is 17.9. The van der Waals surface area contributed by atoms with Gasteiger partial charge in [-0.15, -0.1) is 0 Å². The number of aromatic nitrogens is 1. The van der Waals surface area contributed by atoms with Gasteiger partial charge in [0.25, 0.3) is 5.56 Å². The molecule has 0 saturated heterocycles. The van der Waals surface area contributed by atoms with Crippen LogP contribution in [0.4, 0.5) is 10.1 Å². The molecule has 0 bridgehead atoms. The van der Waals surface area contributed by atoms with Crippen LogP contribution in [0.3, 0.4) is 0 Å². The molecule has 1 unspecified atom stereocenters. The first-order valence-electron chi connectivity index (χ1n) is 7.58. The molecule has 0 fully saturated rings. The van der Waals surface area contributed by atoms with Crippen LogP contribution in [0.1, 0.15) is 43.0 Å². The number of pyridine rings is 1. The van der Waals surface area contributed by atoms with E-state index in [9.17, 15) is 19.6 Å². The van der Waals surface area contributed by atoms with Crippen molar-refractivity contribution in [3.63, 3.8) is 0 Å². The van der Waals surface area contributed by atoms with Crippen LogP contribution in [0, 0.1) is 24.1 Å². The summed E-state index contributed by atoms with van der Waals surface area (Å²) in [4.78, 5) is 16.6. The molecule has 0 spiro atoms. The fourth-order valence-corrected chi connectivity index (χ4v) is 2.35. The lowest BCUT2D eigenvalue weighted by Crippen LogP contribution is -2.27. The Hall–Kier alpha value is -2.94. The van der Waals surface area contributed by atoms with E-state index in [4.69, 9.17) is 0 Å². The van der Waals surface area contributed by atoms with Crippen molar-refractivity contribution in [2.45, 2.75) is 33.2 Å². The lowest BCUT2D eigenvalue weighted by molar-refractivity contribution is 0.372. The number of hydrogen-bond donors (Lipinski definition) is 1. The van der Waals surface area contributed by atoms with E-state index < -0.39 is 5.56 Å². The van der Waals surface area contributed by atoms with Gasteiger partial charge in [-0.25, -0.2) is 4.39 Å². The first kappa shape index (κ1) is 17.4. The number of halogens is 1. The summed E-state index contributed by atoms with van der Waals surface area (Å²) in [5, 5.41) is 19.8. The first-order valence-corrected chi connectivity index (χ1v) is 7.58. The minimum Gasteiger partial charge on any atom is -0.494 e.